The third kappa shape index (κ3) is 21.5. The summed E-state index contributed by atoms with van der Waals surface area (Å²) in [6.45, 7) is 5.41. The predicted molar refractivity (Wildman–Crippen MR) is 104 cm³/mol. The van der Waals surface area contributed by atoms with Crippen LogP contribution in [0.5, 0.6) is 0 Å². The fourth-order valence-corrected chi connectivity index (χ4v) is 4.46. The Morgan fingerprint density at radius 3 is 2.08 bits per heavy atom. The summed E-state index contributed by atoms with van der Waals surface area (Å²) in [5.41, 5.74) is -0.951. The van der Waals surface area contributed by atoms with Gasteiger partial charge in [0.15, 0.2) is 0 Å². The first kappa shape index (κ1) is 28.6. The summed E-state index contributed by atoms with van der Waals surface area (Å²) in [6.07, 6.45) is 10.8. The van der Waals surface area contributed by atoms with Gasteiger partial charge in [-0.25, -0.2) is 0 Å². The Balaban J connectivity index is -0.00000264. The van der Waals surface area contributed by atoms with E-state index in [1.807, 2.05) is 0 Å². The van der Waals surface area contributed by atoms with Crippen LogP contribution >= 0.6 is 11.8 Å². The number of amides is 1. The zero-order valence-electron chi connectivity index (χ0n) is 17.5. The molecule has 0 saturated heterocycles. The first-order valence-electron chi connectivity index (χ1n) is 9.00. The molecule has 0 aliphatic rings. The van der Waals surface area contributed by atoms with Crippen LogP contribution in [0, 0.1) is 0 Å². The van der Waals surface area contributed by atoms with Crippen molar-refractivity contribution in [2.75, 3.05) is 17.3 Å². The molecule has 2 N–H and O–H groups in total. The largest absolute Gasteiger partial charge is 1.00 e. The van der Waals surface area contributed by atoms with E-state index in [1.54, 1.807) is 25.6 Å². The monoisotopic (exact) mass is 421 g/mol. The van der Waals surface area contributed by atoms with Crippen LogP contribution in [0.4, 0.5) is 0 Å². The van der Waals surface area contributed by atoms with Gasteiger partial charge in [0, 0.05) is 12.2 Å². The van der Waals surface area contributed by atoms with Crippen molar-refractivity contribution >= 4 is 27.8 Å². The molecule has 8 heteroatoms. The molecular formula is C17H36KNO4S2. The number of nitrogens with one attached hydrogen (secondary N) is 1. The Labute approximate surface area is 202 Å². The number of rotatable bonds is 15. The molecule has 0 aliphatic carbocycles. The Morgan fingerprint density at radius 1 is 1.04 bits per heavy atom. The zero-order chi connectivity index (χ0) is 18.5. The normalized spacial score (nSPS) is 11.8. The number of hydrogen-bond acceptors (Lipinski definition) is 4. The van der Waals surface area contributed by atoms with E-state index in [0.29, 0.717) is 6.42 Å². The van der Waals surface area contributed by atoms with Gasteiger partial charge in [-0.05, 0) is 26.0 Å². The smallest absolute Gasteiger partial charge is 1.00 e. The molecule has 0 spiro atoms. The van der Waals surface area contributed by atoms with E-state index in [4.69, 9.17) is 4.55 Å². The van der Waals surface area contributed by atoms with Crippen molar-refractivity contribution in [1.82, 2.24) is 5.32 Å². The molecule has 0 saturated carbocycles. The van der Waals surface area contributed by atoms with E-state index in [1.165, 1.54) is 51.4 Å². The molecule has 0 aromatic rings. The van der Waals surface area contributed by atoms with Crippen LogP contribution in [0.3, 0.4) is 0 Å². The fraction of sp³-hybridized carbons (Fsp3) is 0.941. The topological polar surface area (TPSA) is 83.5 Å². The number of carbonyl (C=O) groups is 1. The van der Waals surface area contributed by atoms with Crippen molar-refractivity contribution in [3.05, 3.63) is 0 Å². The number of hydrogen-bond donors (Lipinski definition) is 2. The Morgan fingerprint density at radius 2 is 1.56 bits per heavy atom. The Bertz CT molecular complexity index is 448. The molecule has 0 rings (SSSR count). The van der Waals surface area contributed by atoms with Gasteiger partial charge >= 0.3 is 51.4 Å². The van der Waals surface area contributed by atoms with Crippen molar-refractivity contribution in [1.29, 1.82) is 0 Å². The van der Waals surface area contributed by atoms with Gasteiger partial charge in [-0.3, -0.25) is 9.35 Å². The first-order chi connectivity index (χ1) is 11.2. The van der Waals surface area contributed by atoms with Gasteiger partial charge in [-0.2, -0.15) is 20.2 Å². The second-order valence-corrected chi connectivity index (χ2v) is 9.67. The second kappa shape index (κ2) is 16.3. The van der Waals surface area contributed by atoms with Gasteiger partial charge in [0.05, 0.1) is 11.3 Å². The molecule has 0 unspecified atom stereocenters. The predicted octanol–water partition coefficient (Wildman–Crippen LogP) is 1.15. The molecule has 0 aromatic heterocycles. The van der Waals surface area contributed by atoms with Crippen LogP contribution in [0.25, 0.3) is 0 Å². The van der Waals surface area contributed by atoms with Gasteiger partial charge in [0.25, 0.3) is 10.1 Å². The van der Waals surface area contributed by atoms with Crippen molar-refractivity contribution in [2.45, 2.75) is 84.1 Å². The molecule has 146 valence electrons. The van der Waals surface area contributed by atoms with Crippen molar-refractivity contribution in [2.24, 2.45) is 0 Å². The minimum Gasteiger partial charge on any atom is -1.00 e. The molecule has 0 aliphatic heterocycles. The molecular weight excluding hydrogens is 385 g/mol. The van der Waals surface area contributed by atoms with E-state index < -0.39 is 21.4 Å². The Hall–Kier alpha value is 1.37. The molecule has 0 heterocycles. The van der Waals surface area contributed by atoms with E-state index >= 15 is 0 Å². The van der Waals surface area contributed by atoms with Crippen LogP contribution in [0.2, 0.25) is 0 Å². The minimum atomic E-state index is -4.09. The summed E-state index contributed by atoms with van der Waals surface area (Å²) in [5.74, 6) is 1.16. The molecule has 0 atom stereocenters. The van der Waals surface area contributed by atoms with Crippen LogP contribution in [-0.2, 0) is 14.9 Å². The summed E-state index contributed by atoms with van der Waals surface area (Å²) >= 11 is 1.76. The Kier molecular flexibility index (Phi) is 18.7. The van der Waals surface area contributed by atoms with Gasteiger partial charge < -0.3 is 6.74 Å². The van der Waals surface area contributed by atoms with Crippen molar-refractivity contribution < 1.29 is 70.6 Å². The second-order valence-electron chi connectivity index (χ2n) is 7.00. The van der Waals surface area contributed by atoms with Crippen molar-refractivity contribution in [3.63, 3.8) is 0 Å². The molecule has 0 bridgehead atoms. The average Bonchev–Trinajstić information content (AvgIpc) is 2.41. The third-order valence-electron chi connectivity index (χ3n) is 3.64. The van der Waals surface area contributed by atoms with E-state index in [9.17, 15) is 13.2 Å². The maximum Gasteiger partial charge on any atom is 1.00 e. The quantitative estimate of drug-likeness (QED) is 0.235. The van der Waals surface area contributed by atoms with Crippen LogP contribution < -0.4 is 56.7 Å². The minimum absolute atomic E-state index is 0. The van der Waals surface area contributed by atoms with E-state index in [2.05, 4.69) is 12.2 Å². The average molecular weight is 422 g/mol. The van der Waals surface area contributed by atoms with Gasteiger partial charge in [-0.1, -0.05) is 51.9 Å². The maximum absolute atomic E-state index is 11.8. The molecule has 0 aromatic carbocycles. The van der Waals surface area contributed by atoms with Crippen LogP contribution in [0.15, 0.2) is 0 Å². The summed E-state index contributed by atoms with van der Waals surface area (Å²) in [4.78, 5) is 11.8. The van der Waals surface area contributed by atoms with Gasteiger partial charge in [0.2, 0.25) is 5.91 Å². The van der Waals surface area contributed by atoms with E-state index in [0.717, 1.165) is 11.5 Å². The first-order valence-corrected chi connectivity index (χ1v) is 11.8. The molecule has 0 fully saturated rings. The summed E-state index contributed by atoms with van der Waals surface area (Å²) < 4.78 is 30.6. The fourth-order valence-electron chi connectivity index (χ4n) is 2.54. The zero-order valence-corrected chi connectivity index (χ0v) is 21.2. The summed E-state index contributed by atoms with van der Waals surface area (Å²) in [5, 5.41) is 2.66. The molecule has 5 nitrogen and oxygen atoms in total. The summed E-state index contributed by atoms with van der Waals surface area (Å²) in [7, 11) is -4.09. The maximum atomic E-state index is 11.8. The van der Waals surface area contributed by atoms with Crippen LogP contribution in [-0.4, -0.2) is 41.7 Å². The summed E-state index contributed by atoms with van der Waals surface area (Å²) in [6, 6.07) is 0. The van der Waals surface area contributed by atoms with E-state index in [-0.39, 0.29) is 58.7 Å². The molecule has 25 heavy (non-hydrogen) atoms. The van der Waals surface area contributed by atoms with Crippen molar-refractivity contribution in [3.8, 4) is 0 Å². The SMILES string of the molecule is CCCCCCCCCCSCCC(=O)NC(C)(C)CS(=O)(=O)O.[H-].[K+]. The number of carbonyl (C=O) groups excluding carboxylic acids is 1. The van der Waals surface area contributed by atoms with Gasteiger partial charge in [0.1, 0.15) is 0 Å². The third-order valence-corrected chi connectivity index (χ3v) is 5.79. The number of unbranched alkanes of at least 4 members (excludes halogenated alkanes) is 7. The molecule has 0 radical (unpaired) electrons. The molecule has 1 amide bonds. The number of thioether (sulfide) groups is 1. The van der Waals surface area contributed by atoms with Crippen LogP contribution in [0.1, 0.15) is 80.0 Å². The van der Waals surface area contributed by atoms with Gasteiger partial charge in [-0.15, -0.1) is 0 Å². The standard InChI is InChI=1S/C17H35NO4S2.K.H/c1-4-5-6-7-8-9-10-11-13-23-14-12-16(19)18-17(2,3)15-24(20,21)22;;/h4-15H2,1-3H3,(H,18,19)(H,20,21,22);;/q;+1;-1.